The normalized spacial score (nSPS) is 32.4. The highest BCUT2D eigenvalue weighted by molar-refractivity contribution is 4.88. The van der Waals surface area contributed by atoms with E-state index >= 15 is 0 Å². The standard InChI is InChI=1S/C14H26N2/c1-10(2)13-6-5-11(3)7-14(13)16-9-12(4)8-15/h10-14,16H,5-7,9H2,1-4H3. The van der Waals surface area contributed by atoms with Crippen molar-refractivity contribution < 1.29 is 0 Å². The highest BCUT2D eigenvalue weighted by Gasteiger charge is 2.30. The molecule has 0 aliphatic heterocycles. The van der Waals surface area contributed by atoms with Crippen LogP contribution in [0.15, 0.2) is 0 Å². The van der Waals surface area contributed by atoms with Crippen LogP contribution in [0.2, 0.25) is 0 Å². The van der Waals surface area contributed by atoms with Gasteiger partial charge in [-0.3, -0.25) is 0 Å². The molecule has 1 N–H and O–H groups in total. The Morgan fingerprint density at radius 3 is 2.56 bits per heavy atom. The van der Waals surface area contributed by atoms with E-state index < -0.39 is 0 Å². The number of hydrogen-bond donors (Lipinski definition) is 1. The van der Waals surface area contributed by atoms with Crippen LogP contribution in [0.5, 0.6) is 0 Å². The van der Waals surface area contributed by atoms with E-state index in [-0.39, 0.29) is 5.92 Å². The zero-order valence-electron chi connectivity index (χ0n) is 11.2. The Morgan fingerprint density at radius 2 is 2.00 bits per heavy atom. The molecule has 0 radical (unpaired) electrons. The molecule has 4 unspecified atom stereocenters. The summed E-state index contributed by atoms with van der Waals surface area (Å²) < 4.78 is 0. The maximum absolute atomic E-state index is 8.80. The van der Waals surface area contributed by atoms with E-state index in [0.717, 1.165) is 24.3 Å². The number of hydrogen-bond acceptors (Lipinski definition) is 2. The number of nitrogens with zero attached hydrogens (tertiary/aromatic N) is 1. The summed E-state index contributed by atoms with van der Waals surface area (Å²) in [7, 11) is 0. The Kier molecular flexibility index (Phi) is 5.28. The Hall–Kier alpha value is -0.550. The fourth-order valence-corrected chi connectivity index (χ4v) is 2.81. The molecule has 0 saturated heterocycles. The third kappa shape index (κ3) is 3.79. The van der Waals surface area contributed by atoms with Crippen molar-refractivity contribution in [1.29, 1.82) is 5.26 Å². The van der Waals surface area contributed by atoms with Gasteiger partial charge >= 0.3 is 0 Å². The average molecular weight is 222 g/mol. The van der Waals surface area contributed by atoms with E-state index in [0.29, 0.717) is 6.04 Å². The Balaban J connectivity index is 2.48. The van der Waals surface area contributed by atoms with Crippen molar-refractivity contribution in [2.75, 3.05) is 6.54 Å². The van der Waals surface area contributed by atoms with Crippen LogP contribution in [0.4, 0.5) is 0 Å². The summed E-state index contributed by atoms with van der Waals surface area (Å²) >= 11 is 0. The maximum Gasteiger partial charge on any atom is 0.0666 e. The molecule has 0 amide bonds. The molecule has 92 valence electrons. The van der Waals surface area contributed by atoms with Crippen LogP contribution in [0.3, 0.4) is 0 Å². The van der Waals surface area contributed by atoms with Gasteiger partial charge in [-0.05, 0) is 37.5 Å². The van der Waals surface area contributed by atoms with Crippen LogP contribution in [0.1, 0.15) is 47.0 Å². The van der Waals surface area contributed by atoms with Gasteiger partial charge in [-0.1, -0.05) is 27.2 Å². The lowest BCUT2D eigenvalue weighted by molar-refractivity contribution is 0.168. The molecule has 0 aromatic rings. The van der Waals surface area contributed by atoms with Gasteiger partial charge in [-0.2, -0.15) is 5.26 Å². The van der Waals surface area contributed by atoms with Crippen molar-refractivity contribution in [3.63, 3.8) is 0 Å². The zero-order valence-corrected chi connectivity index (χ0v) is 11.2. The predicted octanol–water partition coefficient (Wildman–Crippen LogP) is 3.20. The van der Waals surface area contributed by atoms with Crippen LogP contribution < -0.4 is 5.32 Å². The second kappa shape index (κ2) is 6.25. The Morgan fingerprint density at radius 1 is 1.31 bits per heavy atom. The van der Waals surface area contributed by atoms with Gasteiger partial charge in [0.05, 0.1) is 12.0 Å². The smallest absolute Gasteiger partial charge is 0.0666 e. The molecule has 0 aromatic carbocycles. The second-order valence-electron chi connectivity index (χ2n) is 5.87. The first-order chi connectivity index (χ1) is 7.54. The van der Waals surface area contributed by atoms with Crippen molar-refractivity contribution in [2.24, 2.45) is 23.7 Å². The molecule has 0 bridgehead atoms. The highest BCUT2D eigenvalue weighted by Crippen LogP contribution is 2.33. The lowest BCUT2D eigenvalue weighted by atomic mass is 9.74. The van der Waals surface area contributed by atoms with Crippen LogP contribution >= 0.6 is 0 Å². The zero-order chi connectivity index (χ0) is 12.1. The third-order valence-electron chi connectivity index (χ3n) is 3.93. The molecule has 2 heteroatoms. The maximum atomic E-state index is 8.80. The fourth-order valence-electron chi connectivity index (χ4n) is 2.81. The molecule has 16 heavy (non-hydrogen) atoms. The van der Waals surface area contributed by atoms with Crippen molar-refractivity contribution in [2.45, 2.75) is 53.0 Å². The lowest BCUT2D eigenvalue weighted by Crippen LogP contribution is -2.44. The van der Waals surface area contributed by atoms with Gasteiger partial charge in [0.25, 0.3) is 0 Å². The Labute approximate surface area is 100 Å². The summed E-state index contributed by atoms with van der Waals surface area (Å²) in [6.07, 6.45) is 3.99. The van der Waals surface area contributed by atoms with Gasteiger partial charge < -0.3 is 5.32 Å². The SMILES string of the molecule is CC(C#N)CNC1CC(C)CCC1C(C)C. The Bertz CT molecular complexity index is 242. The van der Waals surface area contributed by atoms with Gasteiger partial charge in [0, 0.05) is 12.6 Å². The van der Waals surface area contributed by atoms with E-state index in [4.69, 9.17) is 5.26 Å². The molecule has 1 rings (SSSR count). The number of nitrogens with one attached hydrogen (secondary N) is 1. The van der Waals surface area contributed by atoms with Crippen molar-refractivity contribution in [3.8, 4) is 6.07 Å². The molecule has 1 fully saturated rings. The summed E-state index contributed by atoms with van der Waals surface area (Å²) in [6.45, 7) is 9.83. The summed E-state index contributed by atoms with van der Waals surface area (Å²) in [5.74, 6) is 2.51. The largest absolute Gasteiger partial charge is 0.312 e. The van der Waals surface area contributed by atoms with Crippen LogP contribution in [-0.4, -0.2) is 12.6 Å². The molecule has 4 atom stereocenters. The molecule has 1 saturated carbocycles. The summed E-state index contributed by atoms with van der Waals surface area (Å²) in [5.41, 5.74) is 0. The van der Waals surface area contributed by atoms with E-state index in [2.05, 4.69) is 32.2 Å². The van der Waals surface area contributed by atoms with Crippen molar-refractivity contribution >= 4 is 0 Å². The number of rotatable bonds is 4. The minimum absolute atomic E-state index is 0.130. The summed E-state index contributed by atoms with van der Waals surface area (Å²) in [6, 6.07) is 2.92. The fraction of sp³-hybridized carbons (Fsp3) is 0.929. The molecule has 1 aliphatic carbocycles. The van der Waals surface area contributed by atoms with E-state index in [1.165, 1.54) is 19.3 Å². The van der Waals surface area contributed by atoms with E-state index in [9.17, 15) is 0 Å². The second-order valence-corrected chi connectivity index (χ2v) is 5.87. The van der Waals surface area contributed by atoms with Gasteiger partial charge in [0.1, 0.15) is 0 Å². The highest BCUT2D eigenvalue weighted by atomic mass is 14.9. The minimum Gasteiger partial charge on any atom is -0.312 e. The molecule has 2 nitrogen and oxygen atoms in total. The van der Waals surface area contributed by atoms with Crippen LogP contribution in [0, 0.1) is 35.0 Å². The first kappa shape index (κ1) is 13.5. The van der Waals surface area contributed by atoms with Crippen molar-refractivity contribution in [1.82, 2.24) is 5.32 Å². The first-order valence-corrected chi connectivity index (χ1v) is 6.67. The average Bonchev–Trinajstić information content (AvgIpc) is 2.25. The van der Waals surface area contributed by atoms with Gasteiger partial charge in [0.2, 0.25) is 0 Å². The minimum atomic E-state index is 0.130. The summed E-state index contributed by atoms with van der Waals surface area (Å²) in [5, 5.41) is 12.4. The van der Waals surface area contributed by atoms with Gasteiger partial charge in [-0.15, -0.1) is 0 Å². The molecule has 0 heterocycles. The van der Waals surface area contributed by atoms with E-state index in [1.54, 1.807) is 0 Å². The molecule has 0 aromatic heterocycles. The van der Waals surface area contributed by atoms with Gasteiger partial charge in [0.15, 0.2) is 0 Å². The molecule has 1 aliphatic rings. The molecular weight excluding hydrogens is 196 g/mol. The van der Waals surface area contributed by atoms with E-state index in [1.807, 2.05) is 6.92 Å². The third-order valence-corrected chi connectivity index (χ3v) is 3.93. The van der Waals surface area contributed by atoms with Crippen LogP contribution in [0.25, 0.3) is 0 Å². The van der Waals surface area contributed by atoms with Crippen LogP contribution in [-0.2, 0) is 0 Å². The predicted molar refractivity (Wildman–Crippen MR) is 67.9 cm³/mol. The first-order valence-electron chi connectivity index (χ1n) is 6.67. The summed E-state index contributed by atoms with van der Waals surface area (Å²) in [4.78, 5) is 0. The topological polar surface area (TPSA) is 35.8 Å². The lowest BCUT2D eigenvalue weighted by Gasteiger charge is -2.38. The molecule has 0 spiro atoms. The van der Waals surface area contributed by atoms with Gasteiger partial charge in [-0.25, -0.2) is 0 Å². The number of nitriles is 1. The molecular formula is C14H26N2. The monoisotopic (exact) mass is 222 g/mol. The van der Waals surface area contributed by atoms with Crippen molar-refractivity contribution in [3.05, 3.63) is 0 Å². The quantitative estimate of drug-likeness (QED) is 0.793.